The Labute approximate surface area is 160 Å². The van der Waals surface area contributed by atoms with Crippen molar-refractivity contribution in [3.63, 3.8) is 0 Å². The number of rotatable bonds is 5. The molecule has 9 nitrogen and oxygen atoms in total. The van der Waals surface area contributed by atoms with E-state index < -0.39 is 31.1 Å². The van der Waals surface area contributed by atoms with E-state index in [0.717, 1.165) is 5.56 Å². The molecule has 144 valence electrons. The lowest BCUT2D eigenvalue weighted by Gasteiger charge is -2.17. The first-order chi connectivity index (χ1) is 13.6. The number of fused-ring (bicyclic) bond motifs is 1. The van der Waals surface area contributed by atoms with Crippen molar-refractivity contribution < 1.29 is 20.1 Å². The van der Waals surface area contributed by atoms with Crippen molar-refractivity contribution in [3.8, 4) is 6.07 Å². The molecule has 0 unspecified atom stereocenters. The number of benzene rings is 1. The first-order valence-electron chi connectivity index (χ1n) is 8.80. The number of nitrogens with zero attached hydrogens (tertiary/aromatic N) is 4. The van der Waals surface area contributed by atoms with Crippen LogP contribution in [0.1, 0.15) is 17.4 Å². The predicted molar refractivity (Wildman–Crippen MR) is 99.0 cm³/mol. The lowest BCUT2D eigenvalue weighted by Crippen LogP contribution is -2.33. The van der Waals surface area contributed by atoms with Crippen LogP contribution in [0.25, 0.3) is 11.0 Å². The Morgan fingerprint density at radius 1 is 1.18 bits per heavy atom. The van der Waals surface area contributed by atoms with Crippen LogP contribution in [0, 0.1) is 11.3 Å². The molecular formula is C19H19N5O4. The summed E-state index contributed by atoms with van der Waals surface area (Å²) in [5.74, 6) is 0.482. The number of nitrogens with one attached hydrogen (secondary N) is 1. The van der Waals surface area contributed by atoms with Crippen LogP contribution in [-0.2, 0) is 11.3 Å². The SMILES string of the molecule is N#Cc1cn([C@@H]2O[C@H](CO)[C@@H](O)[C@H]2O)c2ncnc(NCc3ccccc3)c12. The number of ether oxygens (including phenoxy) is 1. The predicted octanol–water partition coefficient (Wildman–Crippen LogP) is 0.527. The summed E-state index contributed by atoms with van der Waals surface area (Å²) in [5, 5.41) is 43.0. The van der Waals surface area contributed by atoms with Gasteiger partial charge in [-0.3, -0.25) is 0 Å². The zero-order valence-corrected chi connectivity index (χ0v) is 14.8. The minimum Gasteiger partial charge on any atom is -0.394 e. The summed E-state index contributed by atoms with van der Waals surface area (Å²) in [6, 6.07) is 11.9. The molecule has 1 fully saturated rings. The first kappa shape index (κ1) is 18.3. The maximum atomic E-state index is 10.3. The van der Waals surface area contributed by atoms with Gasteiger partial charge in [0.2, 0.25) is 0 Å². The molecule has 0 amide bonds. The Kier molecular flexibility index (Phi) is 4.93. The molecule has 1 aliphatic rings. The van der Waals surface area contributed by atoms with Crippen molar-refractivity contribution in [3.05, 3.63) is 54.0 Å². The van der Waals surface area contributed by atoms with Gasteiger partial charge in [0.05, 0.1) is 17.6 Å². The van der Waals surface area contributed by atoms with Crippen molar-refractivity contribution >= 4 is 16.9 Å². The second-order valence-electron chi connectivity index (χ2n) is 6.55. The summed E-state index contributed by atoms with van der Waals surface area (Å²) in [7, 11) is 0. The van der Waals surface area contributed by atoms with Gasteiger partial charge in [0, 0.05) is 12.7 Å². The molecule has 1 aliphatic heterocycles. The van der Waals surface area contributed by atoms with E-state index in [-0.39, 0.29) is 0 Å². The summed E-state index contributed by atoms with van der Waals surface area (Å²) in [5.41, 5.74) is 1.75. The molecule has 2 aromatic heterocycles. The van der Waals surface area contributed by atoms with Crippen molar-refractivity contribution in [2.45, 2.75) is 31.1 Å². The highest BCUT2D eigenvalue weighted by atomic mass is 16.6. The van der Waals surface area contributed by atoms with Gasteiger partial charge in [-0.2, -0.15) is 5.26 Å². The summed E-state index contributed by atoms with van der Waals surface area (Å²) in [4.78, 5) is 8.50. The van der Waals surface area contributed by atoms with Crippen LogP contribution in [0.5, 0.6) is 0 Å². The van der Waals surface area contributed by atoms with E-state index in [4.69, 9.17) is 4.74 Å². The van der Waals surface area contributed by atoms with Crippen molar-refractivity contribution in [2.75, 3.05) is 11.9 Å². The minimum atomic E-state index is -1.27. The summed E-state index contributed by atoms with van der Waals surface area (Å²) in [6.07, 6.45) is -1.54. The number of nitriles is 1. The normalized spacial score (nSPS) is 24.4. The standard InChI is InChI=1S/C19H19N5O4/c20-6-12-8-24(19-16(27)15(26)13(9-25)28-19)18-14(12)17(22-10-23-18)21-7-11-4-2-1-3-5-11/h1-5,8,10,13,15-16,19,25-27H,7,9H2,(H,21,22,23)/t13-,15-,16-,19-/m1/s1. The molecule has 0 aliphatic carbocycles. The Balaban J connectivity index is 1.72. The monoisotopic (exact) mass is 381 g/mol. The van der Waals surface area contributed by atoms with Gasteiger partial charge in [0.25, 0.3) is 0 Å². The van der Waals surface area contributed by atoms with Crippen molar-refractivity contribution in [1.29, 1.82) is 5.26 Å². The lowest BCUT2D eigenvalue weighted by atomic mass is 10.1. The van der Waals surface area contributed by atoms with Gasteiger partial charge < -0.3 is 29.9 Å². The molecule has 4 N–H and O–H groups in total. The van der Waals surface area contributed by atoms with E-state index in [1.807, 2.05) is 30.3 Å². The number of aromatic nitrogens is 3. The van der Waals surface area contributed by atoms with E-state index in [1.165, 1.54) is 17.1 Å². The molecule has 3 heterocycles. The maximum absolute atomic E-state index is 10.3. The third-order valence-corrected chi connectivity index (χ3v) is 4.82. The third-order valence-electron chi connectivity index (χ3n) is 4.82. The van der Waals surface area contributed by atoms with Crippen LogP contribution in [0.4, 0.5) is 5.82 Å². The summed E-state index contributed by atoms with van der Waals surface area (Å²) in [6.45, 7) is 0.0781. The highest BCUT2D eigenvalue weighted by molar-refractivity contribution is 5.93. The third kappa shape index (κ3) is 3.08. The molecule has 0 radical (unpaired) electrons. The van der Waals surface area contributed by atoms with Crippen molar-refractivity contribution in [2.24, 2.45) is 0 Å². The quantitative estimate of drug-likeness (QED) is 0.502. The Bertz CT molecular complexity index is 1020. The molecule has 0 bridgehead atoms. The zero-order chi connectivity index (χ0) is 19.7. The Morgan fingerprint density at radius 2 is 1.96 bits per heavy atom. The highest BCUT2D eigenvalue weighted by Crippen LogP contribution is 2.34. The number of aliphatic hydroxyl groups excluding tert-OH is 3. The van der Waals surface area contributed by atoms with Gasteiger partial charge in [-0.15, -0.1) is 0 Å². The van der Waals surface area contributed by atoms with Gasteiger partial charge >= 0.3 is 0 Å². The van der Waals surface area contributed by atoms with Gasteiger partial charge in [0.1, 0.15) is 42.2 Å². The van der Waals surface area contributed by atoms with Crippen LogP contribution in [0.15, 0.2) is 42.9 Å². The molecule has 1 saturated heterocycles. The lowest BCUT2D eigenvalue weighted by molar-refractivity contribution is -0.0508. The number of aliphatic hydroxyl groups is 3. The van der Waals surface area contributed by atoms with E-state index in [0.29, 0.717) is 29.0 Å². The summed E-state index contributed by atoms with van der Waals surface area (Å²) >= 11 is 0. The highest BCUT2D eigenvalue weighted by Gasteiger charge is 2.44. The fourth-order valence-corrected chi connectivity index (χ4v) is 3.39. The molecule has 4 rings (SSSR count). The van der Waals surface area contributed by atoms with Crippen LogP contribution < -0.4 is 5.32 Å². The fourth-order valence-electron chi connectivity index (χ4n) is 3.39. The van der Waals surface area contributed by atoms with Gasteiger partial charge in [-0.05, 0) is 5.56 Å². The maximum Gasteiger partial charge on any atom is 0.164 e. The van der Waals surface area contributed by atoms with Crippen molar-refractivity contribution in [1.82, 2.24) is 14.5 Å². The van der Waals surface area contributed by atoms with Crippen LogP contribution in [0.3, 0.4) is 0 Å². The van der Waals surface area contributed by atoms with Crippen LogP contribution in [0.2, 0.25) is 0 Å². The molecule has 3 aromatic rings. The largest absolute Gasteiger partial charge is 0.394 e. The van der Waals surface area contributed by atoms with Gasteiger partial charge in [0.15, 0.2) is 6.23 Å². The second kappa shape index (κ2) is 7.53. The topological polar surface area (TPSA) is 136 Å². The smallest absolute Gasteiger partial charge is 0.164 e. The molecular weight excluding hydrogens is 362 g/mol. The Hall–Kier alpha value is -3.03. The van der Waals surface area contributed by atoms with E-state index in [2.05, 4.69) is 21.4 Å². The second-order valence-corrected chi connectivity index (χ2v) is 6.55. The molecule has 28 heavy (non-hydrogen) atoms. The van der Waals surface area contributed by atoms with E-state index in [9.17, 15) is 20.6 Å². The average Bonchev–Trinajstić information content (AvgIpc) is 3.25. The molecule has 1 aromatic carbocycles. The van der Waals surface area contributed by atoms with E-state index >= 15 is 0 Å². The minimum absolute atomic E-state index is 0.309. The number of hydrogen-bond acceptors (Lipinski definition) is 8. The molecule has 0 saturated carbocycles. The zero-order valence-electron chi connectivity index (χ0n) is 14.8. The van der Waals surface area contributed by atoms with Crippen LogP contribution >= 0.6 is 0 Å². The fraction of sp³-hybridized carbons (Fsp3) is 0.316. The molecule has 4 atom stereocenters. The Morgan fingerprint density at radius 3 is 2.64 bits per heavy atom. The van der Waals surface area contributed by atoms with E-state index in [1.54, 1.807) is 0 Å². The van der Waals surface area contributed by atoms with Gasteiger partial charge in [-0.25, -0.2) is 9.97 Å². The summed E-state index contributed by atoms with van der Waals surface area (Å²) < 4.78 is 7.07. The van der Waals surface area contributed by atoms with Crippen LogP contribution in [-0.4, -0.2) is 54.8 Å². The average molecular weight is 381 g/mol. The number of hydrogen-bond donors (Lipinski definition) is 4. The molecule has 9 heteroatoms. The van der Waals surface area contributed by atoms with Gasteiger partial charge in [-0.1, -0.05) is 30.3 Å². The first-order valence-corrected chi connectivity index (χ1v) is 8.80. The number of anilines is 1. The molecule has 0 spiro atoms.